The summed E-state index contributed by atoms with van der Waals surface area (Å²) >= 11 is 0. The molecule has 4 aliphatic heterocycles. The largest absolute Gasteiger partial charge is 0.461 e. The SMILES string of the molecule is CC[N+]1(C)[C@H]2CC[C@H]1CC(OC(=O)[C@H]1CC[C@@](C(=O)OC3C[C@H]4CC[C@@H](C3)[N+]4(C)CC)(c3ccccc3)c3ccccc31)C2. The van der Waals surface area contributed by atoms with Crippen molar-refractivity contribution >= 4 is 11.9 Å². The Hall–Kier alpha value is -2.70. The van der Waals surface area contributed by atoms with Gasteiger partial charge < -0.3 is 18.4 Å². The number of esters is 2. The molecule has 1 aliphatic carbocycles. The zero-order chi connectivity index (χ0) is 30.7. The summed E-state index contributed by atoms with van der Waals surface area (Å²) in [5.41, 5.74) is 1.86. The summed E-state index contributed by atoms with van der Waals surface area (Å²) in [6.45, 7) is 6.86. The molecule has 0 aromatic heterocycles. The normalized spacial score (nSPS) is 40.7. The summed E-state index contributed by atoms with van der Waals surface area (Å²) in [6, 6.07) is 20.5. The van der Waals surface area contributed by atoms with Crippen LogP contribution in [0.5, 0.6) is 0 Å². The first-order valence-electron chi connectivity index (χ1n) is 17.5. The highest BCUT2D eigenvalue weighted by molar-refractivity contribution is 5.91. The molecule has 2 unspecified atom stereocenters. The number of quaternary nitrogens is 2. The topological polar surface area (TPSA) is 52.6 Å². The number of rotatable bonds is 7. The van der Waals surface area contributed by atoms with Gasteiger partial charge in [0, 0.05) is 51.4 Å². The molecule has 7 rings (SSSR count). The van der Waals surface area contributed by atoms with E-state index in [1.54, 1.807) is 0 Å². The lowest BCUT2D eigenvalue weighted by atomic mass is 9.63. The molecule has 236 valence electrons. The quantitative estimate of drug-likeness (QED) is 0.278. The lowest BCUT2D eigenvalue weighted by Crippen LogP contribution is -2.59. The monoisotopic (exact) mass is 600 g/mol. The number of fused-ring (bicyclic) bond motifs is 5. The van der Waals surface area contributed by atoms with Crippen molar-refractivity contribution in [3.8, 4) is 0 Å². The number of carbonyl (C=O) groups excluding carboxylic acids is 2. The molecule has 6 heteroatoms. The van der Waals surface area contributed by atoms with Crippen LogP contribution in [0.1, 0.15) is 101 Å². The number of benzene rings is 2. The molecule has 8 atom stereocenters. The fraction of sp³-hybridized carbons (Fsp3) is 0.632. The van der Waals surface area contributed by atoms with Gasteiger partial charge >= 0.3 is 11.9 Å². The highest BCUT2D eigenvalue weighted by Gasteiger charge is 2.55. The van der Waals surface area contributed by atoms with E-state index in [0.717, 1.165) is 64.4 Å². The smallest absolute Gasteiger partial charge is 0.321 e. The molecular weight excluding hydrogens is 548 g/mol. The van der Waals surface area contributed by atoms with Crippen molar-refractivity contribution in [2.24, 2.45) is 0 Å². The molecule has 5 aliphatic rings. The van der Waals surface area contributed by atoms with Crippen molar-refractivity contribution in [3.05, 3.63) is 71.3 Å². The lowest BCUT2D eigenvalue weighted by Gasteiger charge is -2.47. The van der Waals surface area contributed by atoms with E-state index in [4.69, 9.17) is 9.47 Å². The van der Waals surface area contributed by atoms with Gasteiger partial charge in [0.2, 0.25) is 0 Å². The summed E-state index contributed by atoms with van der Waals surface area (Å²) in [5, 5.41) is 0. The van der Waals surface area contributed by atoms with Crippen LogP contribution < -0.4 is 0 Å². The Morgan fingerprint density at radius 2 is 1.20 bits per heavy atom. The van der Waals surface area contributed by atoms with Crippen LogP contribution in [0.2, 0.25) is 0 Å². The maximum Gasteiger partial charge on any atom is 0.321 e. The summed E-state index contributed by atoms with van der Waals surface area (Å²) in [7, 11) is 4.78. The Morgan fingerprint density at radius 3 is 1.75 bits per heavy atom. The molecule has 0 spiro atoms. The maximum atomic E-state index is 14.6. The van der Waals surface area contributed by atoms with Crippen LogP contribution in [0.25, 0.3) is 0 Å². The predicted molar refractivity (Wildman–Crippen MR) is 171 cm³/mol. The Morgan fingerprint density at radius 1 is 0.705 bits per heavy atom. The number of hydrogen-bond donors (Lipinski definition) is 0. The second-order valence-electron chi connectivity index (χ2n) is 15.1. The summed E-state index contributed by atoms with van der Waals surface area (Å²) in [4.78, 5) is 28.6. The van der Waals surface area contributed by atoms with Gasteiger partial charge in [-0.2, -0.15) is 0 Å². The summed E-state index contributed by atoms with van der Waals surface area (Å²) in [6.07, 6.45) is 9.75. The minimum atomic E-state index is -0.932. The Bertz CT molecular complexity index is 1360. The van der Waals surface area contributed by atoms with Crippen molar-refractivity contribution < 1.29 is 28.0 Å². The number of carbonyl (C=O) groups is 2. The fourth-order valence-electron chi connectivity index (χ4n) is 10.5. The zero-order valence-corrected chi connectivity index (χ0v) is 27.3. The minimum Gasteiger partial charge on any atom is -0.461 e. The molecule has 2 aromatic rings. The average molecular weight is 601 g/mol. The van der Waals surface area contributed by atoms with E-state index in [1.165, 1.54) is 25.7 Å². The van der Waals surface area contributed by atoms with E-state index in [-0.39, 0.29) is 30.1 Å². The van der Waals surface area contributed by atoms with Crippen LogP contribution in [0.3, 0.4) is 0 Å². The van der Waals surface area contributed by atoms with E-state index in [2.05, 4.69) is 46.1 Å². The van der Waals surface area contributed by atoms with Crippen molar-refractivity contribution in [1.29, 1.82) is 0 Å². The van der Waals surface area contributed by atoms with Gasteiger partial charge in [-0.3, -0.25) is 9.59 Å². The molecule has 6 nitrogen and oxygen atoms in total. The van der Waals surface area contributed by atoms with Crippen molar-refractivity contribution in [2.45, 2.75) is 126 Å². The molecular formula is C38H52N2O4+2. The third-order valence-electron chi connectivity index (χ3n) is 13.6. The molecule has 0 amide bonds. The van der Waals surface area contributed by atoms with Crippen LogP contribution >= 0.6 is 0 Å². The summed E-state index contributed by atoms with van der Waals surface area (Å²) < 4.78 is 15.2. The Kier molecular flexibility index (Phi) is 7.68. The van der Waals surface area contributed by atoms with Gasteiger partial charge in [-0.25, -0.2) is 0 Å². The van der Waals surface area contributed by atoms with Crippen LogP contribution in [0.15, 0.2) is 54.6 Å². The van der Waals surface area contributed by atoms with Crippen LogP contribution in [0, 0.1) is 0 Å². The van der Waals surface area contributed by atoms with Crippen LogP contribution in [0.4, 0.5) is 0 Å². The lowest BCUT2D eigenvalue weighted by molar-refractivity contribution is -0.947. The first-order valence-corrected chi connectivity index (χ1v) is 17.5. The van der Waals surface area contributed by atoms with Crippen LogP contribution in [-0.4, -0.2) is 84.5 Å². The first kappa shape index (κ1) is 30.0. The predicted octanol–water partition coefficient (Wildman–Crippen LogP) is 6.26. The van der Waals surface area contributed by atoms with Gasteiger partial charge in [-0.15, -0.1) is 0 Å². The molecule has 0 saturated carbocycles. The molecule has 2 aromatic carbocycles. The van der Waals surface area contributed by atoms with E-state index in [1.807, 2.05) is 36.4 Å². The van der Waals surface area contributed by atoms with Crippen LogP contribution in [-0.2, 0) is 24.5 Å². The molecule has 0 N–H and O–H groups in total. The first-order chi connectivity index (χ1) is 21.2. The molecule has 4 bridgehead atoms. The van der Waals surface area contributed by atoms with Crippen molar-refractivity contribution in [2.75, 3.05) is 27.2 Å². The standard InChI is InChI=1S/C38H52N2O4/c1-5-39(3)27-16-17-28(39)23-31(22-27)43-36(41)34-20-21-38(26-12-8-7-9-13-26,35-15-11-10-14-33(34)35)37(42)44-32-24-29-18-19-30(25-32)40(29,4)6-2/h7-15,27-32,34H,5-6,16-25H2,1-4H3/q+2/t27-,28-,29-,30+,31?,32?,34-,38+,39?,40?/m0/s1. The number of ether oxygens (including phenoxy) is 2. The van der Waals surface area contributed by atoms with Gasteiger partial charge in [0.25, 0.3) is 0 Å². The highest BCUT2D eigenvalue weighted by atomic mass is 16.5. The van der Waals surface area contributed by atoms with Gasteiger partial charge in [-0.1, -0.05) is 54.6 Å². The number of nitrogens with zero attached hydrogens (tertiary/aromatic N) is 2. The third-order valence-corrected chi connectivity index (χ3v) is 13.6. The van der Waals surface area contributed by atoms with Gasteiger partial charge in [0.15, 0.2) is 0 Å². The van der Waals surface area contributed by atoms with Crippen molar-refractivity contribution in [1.82, 2.24) is 0 Å². The molecule has 0 radical (unpaired) electrons. The zero-order valence-electron chi connectivity index (χ0n) is 27.3. The van der Waals surface area contributed by atoms with Crippen molar-refractivity contribution in [3.63, 3.8) is 0 Å². The second kappa shape index (κ2) is 11.3. The van der Waals surface area contributed by atoms with Gasteiger partial charge in [-0.05, 0) is 43.4 Å². The number of piperidine rings is 2. The molecule has 44 heavy (non-hydrogen) atoms. The molecule has 4 heterocycles. The molecule has 4 fully saturated rings. The van der Waals surface area contributed by atoms with E-state index in [9.17, 15) is 9.59 Å². The highest BCUT2D eigenvalue weighted by Crippen LogP contribution is 2.50. The van der Waals surface area contributed by atoms with E-state index >= 15 is 0 Å². The number of hydrogen-bond acceptors (Lipinski definition) is 4. The third kappa shape index (κ3) is 4.57. The van der Waals surface area contributed by atoms with E-state index in [0.29, 0.717) is 37.0 Å². The maximum absolute atomic E-state index is 14.6. The van der Waals surface area contributed by atoms with Gasteiger partial charge in [0.1, 0.15) is 17.6 Å². The fourth-order valence-corrected chi connectivity index (χ4v) is 10.5. The molecule has 4 saturated heterocycles. The Labute approximate surface area is 263 Å². The minimum absolute atomic E-state index is 0.00966. The summed E-state index contributed by atoms with van der Waals surface area (Å²) in [5.74, 6) is -0.638. The Balaban J connectivity index is 1.15. The second-order valence-corrected chi connectivity index (χ2v) is 15.1. The van der Waals surface area contributed by atoms with E-state index < -0.39 is 5.41 Å². The average Bonchev–Trinajstić information content (AvgIpc) is 3.29. The van der Waals surface area contributed by atoms with Gasteiger partial charge in [0.05, 0.1) is 57.3 Å².